The van der Waals surface area contributed by atoms with Gasteiger partial charge in [0.05, 0.1) is 0 Å². The number of aliphatic hydroxyl groups is 3. The predicted molar refractivity (Wildman–Crippen MR) is 69.2 cm³/mol. The van der Waals surface area contributed by atoms with Crippen LogP contribution < -0.4 is 0 Å². The molecule has 0 bridgehead atoms. The number of rotatable bonds is 6. The normalized spacial score (nSPS) is 15.3. The SMILES string of the molecule is C/C=C/C#C/C=C/[C@H](O)[C@@H](O)/C=C/CCCO. The molecule has 0 aliphatic carbocycles. The van der Waals surface area contributed by atoms with Crippen LogP contribution in [0.25, 0.3) is 0 Å². The van der Waals surface area contributed by atoms with E-state index >= 15 is 0 Å². The Kier molecular flexibility index (Phi) is 10.3. The fourth-order valence-electron chi connectivity index (χ4n) is 0.999. The third-order valence-electron chi connectivity index (χ3n) is 1.92. The Morgan fingerprint density at radius 1 is 1.06 bits per heavy atom. The van der Waals surface area contributed by atoms with Gasteiger partial charge in [0.25, 0.3) is 0 Å². The van der Waals surface area contributed by atoms with Crippen LogP contribution >= 0.6 is 0 Å². The highest BCUT2D eigenvalue weighted by Crippen LogP contribution is 1.99. The molecule has 0 aromatic heterocycles. The van der Waals surface area contributed by atoms with E-state index in [1.165, 1.54) is 18.2 Å². The van der Waals surface area contributed by atoms with Crippen LogP contribution in [0.4, 0.5) is 0 Å². The van der Waals surface area contributed by atoms with Gasteiger partial charge in [-0.3, -0.25) is 0 Å². The number of aliphatic hydroxyl groups excluding tert-OH is 3. The van der Waals surface area contributed by atoms with Gasteiger partial charge >= 0.3 is 0 Å². The molecule has 0 radical (unpaired) electrons. The second-order valence-corrected chi connectivity index (χ2v) is 3.42. The molecule has 0 heterocycles. The van der Waals surface area contributed by atoms with Crippen LogP contribution in [0.1, 0.15) is 19.8 Å². The van der Waals surface area contributed by atoms with Crippen molar-refractivity contribution in [1.29, 1.82) is 0 Å². The first kappa shape index (κ1) is 15.7. The quantitative estimate of drug-likeness (QED) is 0.368. The predicted octanol–water partition coefficient (Wildman–Crippen LogP) is 1.17. The van der Waals surface area contributed by atoms with Gasteiger partial charge in [0.2, 0.25) is 0 Å². The van der Waals surface area contributed by atoms with Crippen LogP contribution in [-0.2, 0) is 0 Å². The largest absolute Gasteiger partial charge is 0.396 e. The highest BCUT2D eigenvalue weighted by molar-refractivity contribution is 5.24. The smallest absolute Gasteiger partial charge is 0.102 e. The van der Waals surface area contributed by atoms with Crippen LogP contribution in [0.5, 0.6) is 0 Å². The Balaban J connectivity index is 4.01. The van der Waals surface area contributed by atoms with E-state index in [-0.39, 0.29) is 6.61 Å². The average molecular weight is 236 g/mol. The lowest BCUT2D eigenvalue weighted by Crippen LogP contribution is -2.20. The summed E-state index contributed by atoms with van der Waals surface area (Å²) in [7, 11) is 0. The summed E-state index contributed by atoms with van der Waals surface area (Å²) in [5.74, 6) is 5.44. The van der Waals surface area contributed by atoms with Crippen LogP contribution in [-0.4, -0.2) is 34.1 Å². The van der Waals surface area contributed by atoms with Crippen molar-refractivity contribution in [3.8, 4) is 11.8 Å². The molecular weight excluding hydrogens is 216 g/mol. The van der Waals surface area contributed by atoms with Crippen molar-refractivity contribution < 1.29 is 15.3 Å². The highest BCUT2D eigenvalue weighted by atomic mass is 16.3. The van der Waals surface area contributed by atoms with E-state index < -0.39 is 12.2 Å². The molecular formula is C14H20O3. The molecule has 0 saturated carbocycles. The van der Waals surface area contributed by atoms with E-state index in [0.29, 0.717) is 12.8 Å². The summed E-state index contributed by atoms with van der Waals surface area (Å²) in [6.07, 6.45) is 9.17. The molecule has 0 rings (SSSR count). The lowest BCUT2D eigenvalue weighted by molar-refractivity contribution is 0.0807. The molecule has 94 valence electrons. The van der Waals surface area contributed by atoms with Crippen LogP contribution in [0, 0.1) is 11.8 Å². The van der Waals surface area contributed by atoms with Gasteiger partial charge < -0.3 is 15.3 Å². The number of unbranched alkanes of at least 4 members (excludes halogenated alkanes) is 1. The Bertz CT molecular complexity index is 318. The molecule has 0 aromatic carbocycles. The van der Waals surface area contributed by atoms with Gasteiger partial charge in [0.1, 0.15) is 12.2 Å². The number of hydrogen-bond donors (Lipinski definition) is 3. The van der Waals surface area contributed by atoms with Gasteiger partial charge in [-0.25, -0.2) is 0 Å². The monoisotopic (exact) mass is 236 g/mol. The van der Waals surface area contributed by atoms with E-state index in [1.54, 1.807) is 12.2 Å². The molecule has 2 atom stereocenters. The average Bonchev–Trinajstić information content (AvgIpc) is 2.34. The van der Waals surface area contributed by atoms with Crippen molar-refractivity contribution in [3.05, 3.63) is 36.5 Å². The molecule has 0 aliphatic heterocycles. The molecule has 0 fully saturated rings. The summed E-state index contributed by atoms with van der Waals surface area (Å²) in [5.41, 5.74) is 0. The maximum absolute atomic E-state index is 9.51. The summed E-state index contributed by atoms with van der Waals surface area (Å²) >= 11 is 0. The lowest BCUT2D eigenvalue weighted by atomic mass is 10.1. The fourth-order valence-corrected chi connectivity index (χ4v) is 0.999. The molecule has 0 aromatic rings. The highest BCUT2D eigenvalue weighted by Gasteiger charge is 2.07. The summed E-state index contributed by atoms with van der Waals surface area (Å²) in [6.45, 7) is 2.00. The molecule has 0 aliphatic rings. The summed E-state index contributed by atoms with van der Waals surface area (Å²) in [4.78, 5) is 0. The third kappa shape index (κ3) is 9.58. The van der Waals surface area contributed by atoms with E-state index in [0.717, 1.165) is 0 Å². The van der Waals surface area contributed by atoms with Gasteiger partial charge in [0, 0.05) is 6.61 Å². The fraction of sp³-hybridized carbons (Fsp3) is 0.429. The number of hydrogen-bond acceptors (Lipinski definition) is 3. The van der Waals surface area contributed by atoms with Crippen molar-refractivity contribution in [1.82, 2.24) is 0 Å². The minimum absolute atomic E-state index is 0.128. The molecule has 0 unspecified atom stereocenters. The molecule has 17 heavy (non-hydrogen) atoms. The Morgan fingerprint density at radius 2 is 1.71 bits per heavy atom. The first-order valence-corrected chi connectivity index (χ1v) is 5.65. The maximum atomic E-state index is 9.51. The Labute approximate surface area is 103 Å². The Hall–Kier alpha value is -1.34. The standard InChI is InChI=1S/C14H20O3/c1-2-3-4-5-7-10-13(16)14(17)11-8-6-9-12-15/h2-3,7-8,10-11,13-17H,6,9,12H2,1H3/b3-2+,10-7+,11-8+/t13-,14-/m0/s1. The molecule has 0 amide bonds. The summed E-state index contributed by atoms with van der Waals surface area (Å²) in [5, 5.41) is 27.6. The van der Waals surface area contributed by atoms with Crippen LogP contribution in [0.15, 0.2) is 36.5 Å². The first-order valence-electron chi connectivity index (χ1n) is 5.65. The van der Waals surface area contributed by atoms with Crippen molar-refractivity contribution in [3.63, 3.8) is 0 Å². The van der Waals surface area contributed by atoms with E-state index in [2.05, 4.69) is 11.8 Å². The summed E-state index contributed by atoms with van der Waals surface area (Å²) in [6, 6.07) is 0. The van der Waals surface area contributed by atoms with Gasteiger partial charge in [-0.2, -0.15) is 0 Å². The summed E-state index contributed by atoms with van der Waals surface area (Å²) < 4.78 is 0. The Morgan fingerprint density at radius 3 is 2.35 bits per heavy atom. The van der Waals surface area contributed by atoms with Crippen molar-refractivity contribution >= 4 is 0 Å². The lowest BCUT2D eigenvalue weighted by Gasteiger charge is -2.08. The topological polar surface area (TPSA) is 60.7 Å². The minimum Gasteiger partial charge on any atom is -0.396 e. The van der Waals surface area contributed by atoms with E-state index in [4.69, 9.17) is 5.11 Å². The van der Waals surface area contributed by atoms with Gasteiger partial charge in [-0.1, -0.05) is 30.1 Å². The van der Waals surface area contributed by atoms with Crippen molar-refractivity contribution in [2.24, 2.45) is 0 Å². The molecule has 0 saturated heterocycles. The minimum atomic E-state index is -0.958. The van der Waals surface area contributed by atoms with Gasteiger partial charge in [-0.15, -0.1) is 0 Å². The second-order valence-electron chi connectivity index (χ2n) is 3.42. The van der Waals surface area contributed by atoms with Gasteiger partial charge in [0.15, 0.2) is 0 Å². The zero-order chi connectivity index (χ0) is 12.9. The van der Waals surface area contributed by atoms with Gasteiger partial charge in [-0.05, 0) is 38.0 Å². The maximum Gasteiger partial charge on any atom is 0.102 e. The molecule has 3 nitrogen and oxygen atoms in total. The van der Waals surface area contributed by atoms with Crippen molar-refractivity contribution in [2.75, 3.05) is 6.61 Å². The molecule has 3 N–H and O–H groups in total. The first-order chi connectivity index (χ1) is 8.22. The van der Waals surface area contributed by atoms with E-state index in [1.807, 2.05) is 13.0 Å². The zero-order valence-corrected chi connectivity index (χ0v) is 10.1. The van der Waals surface area contributed by atoms with E-state index in [9.17, 15) is 10.2 Å². The molecule has 0 spiro atoms. The molecule has 3 heteroatoms. The number of allylic oxidation sites excluding steroid dienone is 4. The second kappa shape index (κ2) is 11.2. The zero-order valence-electron chi connectivity index (χ0n) is 10.1. The van der Waals surface area contributed by atoms with Crippen molar-refractivity contribution in [2.45, 2.75) is 32.0 Å². The van der Waals surface area contributed by atoms with Crippen LogP contribution in [0.2, 0.25) is 0 Å². The van der Waals surface area contributed by atoms with Crippen LogP contribution in [0.3, 0.4) is 0 Å². The third-order valence-corrected chi connectivity index (χ3v) is 1.92.